The number of aromatic nitrogens is 2. The molecular formula is C22H15ClN2O. The van der Waals surface area contributed by atoms with Crippen LogP contribution in [0.25, 0.3) is 44.1 Å². The highest BCUT2D eigenvalue weighted by molar-refractivity contribution is 6.29. The molecule has 0 bridgehead atoms. The van der Waals surface area contributed by atoms with E-state index >= 15 is 0 Å². The lowest BCUT2D eigenvalue weighted by Gasteiger charge is -2.05. The largest absolute Gasteiger partial charge is 0.452 e. The van der Waals surface area contributed by atoms with Crippen molar-refractivity contribution in [3.05, 3.63) is 71.0 Å². The van der Waals surface area contributed by atoms with E-state index in [0.29, 0.717) is 5.58 Å². The van der Waals surface area contributed by atoms with Gasteiger partial charge in [-0.25, -0.2) is 9.97 Å². The number of nitrogens with zero attached hydrogens (tertiary/aromatic N) is 2. The third kappa shape index (κ3) is 2.28. The van der Waals surface area contributed by atoms with Gasteiger partial charge in [0.25, 0.3) is 0 Å². The number of hydrogen-bond acceptors (Lipinski definition) is 3. The molecule has 0 unspecified atom stereocenters. The lowest BCUT2D eigenvalue weighted by Crippen LogP contribution is -1.91. The normalized spacial score (nSPS) is 11.7. The first kappa shape index (κ1) is 15.4. The molecule has 0 saturated carbocycles. The van der Waals surface area contributed by atoms with Crippen molar-refractivity contribution < 1.29 is 4.42 Å². The van der Waals surface area contributed by atoms with Crippen molar-refractivity contribution in [2.24, 2.45) is 0 Å². The lowest BCUT2D eigenvalue weighted by atomic mass is 10.0. The van der Waals surface area contributed by atoms with Crippen molar-refractivity contribution in [3.63, 3.8) is 0 Å². The summed E-state index contributed by atoms with van der Waals surface area (Å²) in [5.74, 6) is 0. The van der Waals surface area contributed by atoms with Crippen LogP contribution < -0.4 is 0 Å². The summed E-state index contributed by atoms with van der Waals surface area (Å²) in [7, 11) is 0. The second-order valence-corrected chi connectivity index (χ2v) is 7.00. The zero-order valence-corrected chi connectivity index (χ0v) is 15.1. The molecular weight excluding hydrogens is 344 g/mol. The molecule has 5 aromatic rings. The Bertz CT molecular complexity index is 1300. The Balaban J connectivity index is 1.95. The van der Waals surface area contributed by atoms with Crippen molar-refractivity contribution in [1.29, 1.82) is 0 Å². The molecule has 0 aliphatic carbocycles. The van der Waals surface area contributed by atoms with E-state index in [4.69, 9.17) is 16.0 Å². The second-order valence-electron chi connectivity index (χ2n) is 6.66. The van der Waals surface area contributed by atoms with Gasteiger partial charge < -0.3 is 4.42 Å². The quantitative estimate of drug-likeness (QED) is 0.322. The molecule has 26 heavy (non-hydrogen) atoms. The van der Waals surface area contributed by atoms with Crippen LogP contribution in [0.1, 0.15) is 11.1 Å². The molecule has 0 fully saturated rings. The average molecular weight is 359 g/mol. The minimum absolute atomic E-state index is 0.224. The topological polar surface area (TPSA) is 38.9 Å². The van der Waals surface area contributed by atoms with Gasteiger partial charge in [-0.3, -0.25) is 0 Å². The van der Waals surface area contributed by atoms with Gasteiger partial charge >= 0.3 is 0 Å². The van der Waals surface area contributed by atoms with Gasteiger partial charge in [0.05, 0.1) is 5.39 Å². The number of rotatable bonds is 1. The van der Waals surface area contributed by atoms with Crippen LogP contribution in [-0.2, 0) is 0 Å². The zero-order chi connectivity index (χ0) is 17.8. The molecule has 0 spiro atoms. The van der Waals surface area contributed by atoms with E-state index in [-0.39, 0.29) is 5.28 Å². The van der Waals surface area contributed by atoms with E-state index in [1.807, 2.05) is 18.2 Å². The van der Waals surface area contributed by atoms with E-state index in [1.54, 1.807) is 0 Å². The van der Waals surface area contributed by atoms with Crippen LogP contribution in [0.2, 0.25) is 5.28 Å². The third-order valence-corrected chi connectivity index (χ3v) is 4.84. The fraction of sp³-hybridized carbons (Fsp3) is 0.0909. The van der Waals surface area contributed by atoms with E-state index in [1.165, 1.54) is 11.1 Å². The summed E-state index contributed by atoms with van der Waals surface area (Å²) in [5.41, 5.74) is 6.28. The van der Waals surface area contributed by atoms with Crippen molar-refractivity contribution in [1.82, 2.24) is 9.97 Å². The first-order chi connectivity index (χ1) is 12.6. The van der Waals surface area contributed by atoms with Crippen molar-refractivity contribution in [2.45, 2.75) is 13.8 Å². The van der Waals surface area contributed by atoms with Crippen LogP contribution in [0, 0.1) is 13.8 Å². The molecule has 2 heterocycles. The smallest absolute Gasteiger partial charge is 0.223 e. The molecule has 0 aliphatic heterocycles. The van der Waals surface area contributed by atoms with Gasteiger partial charge in [0.2, 0.25) is 5.28 Å². The van der Waals surface area contributed by atoms with Gasteiger partial charge in [-0.15, -0.1) is 0 Å². The van der Waals surface area contributed by atoms with Crippen LogP contribution in [0.4, 0.5) is 0 Å². The number of aryl methyl sites for hydroxylation is 2. The Morgan fingerprint density at radius 2 is 1.65 bits per heavy atom. The lowest BCUT2D eigenvalue weighted by molar-refractivity contribution is 0.667. The van der Waals surface area contributed by atoms with E-state index in [2.05, 4.69) is 60.2 Å². The van der Waals surface area contributed by atoms with Crippen molar-refractivity contribution >= 4 is 44.4 Å². The maximum absolute atomic E-state index is 6.30. The summed E-state index contributed by atoms with van der Waals surface area (Å²) in [5, 5.41) is 3.45. The summed E-state index contributed by atoms with van der Waals surface area (Å²) in [6, 6.07) is 18.6. The van der Waals surface area contributed by atoms with E-state index < -0.39 is 0 Å². The monoisotopic (exact) mass is 358 g/mol. The highest BCUT2D eigenvalue weighted by Crippen LogP contribution is 2.38. The predicted octanol–water partition coefficient (Wildman–Crippen LogP) is 6.47. The number of furan rings is 1. The van der Waals surface area contributed by atoms with Crippen molar-refractivity contribution in [3.8, 4) is 11.3 Å². The molecule has 0 amide bonds. The fourth-order valence-corrected chi connectivity index (χ4v) is 3.86. The highest BCUT2D eigenvalue weighted by Gasteiger charge is 2.18. The van der Waals surface area contributed by atoms with Gasteiger partial charge in [0, 0.05) is 5.56 Å². The molecule has 0 N–H and O–H groups in total. The Kier molecular flexibility index (Phi) is 3.28. The summed E-state index contributed by atoms with van der Waals surface area (Å²) in [4.78, 5) is 9.00. The molecule has 0 atom stereocenters. The Hall–Kier alpha value is -2.91. The SMILES string of the molecule is Cc1cc(C)cc(-c2nc(Cl)nc3c2oc2ccc4ccccc4c23)c1. The standard InChI is InChI=1S/C22H15ClN2O/c1-12-9-13(2)11-15(10-12)19-21-20(25-22(23)24-19)18-16-6-4-3-5-14(16)7-8-17(18)26-21/h3-11H,1-2H3. The first-order valence-electron chi connectivity index (χ1n) is 8.46. The van der Waals surface area contributed by atoms with Crippen LogP contribution in [0.15, 0.2) is 59.0 Å². The average Bonchev–Trinajstić information content (AvgIpc) is 2.99. The number of hydrogen-bond donors (Lipinski definition) is 0. The third-order valence-electron chi connectivity index (χ3n) is 4.67. The van der Waals surface area contributed by atoms with Crippen molar-refractivity contribution in [2.75, 3.05) is 0 Å². The molecule has 2 aromatic heterocycles. The number of halogens is 1. The maximum atomic E-state index is 6.30. The molecule has 3 aromatic carbocycles. The van der Waals surface area contributed by atoms with Crippen LogP contribution in [0.5, 0.6) is 0 Å². The summed E-state index contributed by atoms with van der Waals surface area (Å²) >= 11 is 6.30. The molecule has 0 radical (unpaired) electrons. The van der Waals surface area contributed by atoms with Crippen LogP contribution >= 0.6 is 11.6 Å². The zero-order valence-electron chi connectivity index (χ0n) is 14.4. The summed E-state index contributed by atoms with van der Waals surface area (Å²) in [6.45, 7) is 4.14. The Morgan fingerprint density at radius 3 is 2.46 bits per heavy atom. The molecule has 0 saturated heterocycles. The Labute approximate surface area is 155 Å². The van der Waals surface area contributed by atoms with Gasteiger partial charge in [0.1, 0.15) is 16.8 Å². The predicted molar refractivity (Wildman–Crippen MR) is 107 cm³/mol. The summed E-state index contributed by atoms with van der Waals surface area (Å²) in [6.07, 6.45) is 0. The van der Waals surface area contributed by atoms with Crippen LogP contribution in [-0.4, -0.2) is 9.97 Å². The van der Waals surface area contributed by atoms with Gasteiger partial charge in [-0.1, -0.05) is 47.5 Å². The molecule has 5 rings (SSSR count). The molecule has 3 nitrogen and oxygen atoms in total. The minimum atomic E-state index is 0.224. The molecule has 0 aliphatic rings. The maximum Gasteiger partial charge on any atom is 0.223 e. The number of benzene rings is 3. The molecule has 126 valence electrons. The first-order valence-corrected chi connectivity index (χ1v) is 8.84. The summed E-state index contributed by atoms with van der Waals surface area (Å²) < 4.78 is 6.20. The fourth-order valence-electron chi connectivity index (χ4n) is 3.69. The van der Waals surface area contributed by atoms with Crippen LogP contribution in [0.3, 0.4) is 0 Å². The minimum Gasteiger partial charge on any atom is -0.452 e. The van der Waals surface area contributed by atoms with E-state index in [9.17, 15) is 0 Å². The van der Waals surface area contributed by atoms with Gasteiger partial charge in [-0.2, -0.15) is 0 Å². The number of fused-ring (bicyclic) bond motifs is 5. The Morgan fingerprint density at radius 1 is 0.885 bits per heavy atom. The second kappa shape index (κ2) is 5.55. The van der Waals surface area contributed by atoms with Gasteiger partial charge in [-0.05, 0) is 54.4 Å². The van der Waals surface area contributed by atoms with E-state index in [0.717, 1.165) is 38.5 Å². The molecule has 4 heteroatoms. The highest BCUT2D eigenvalue weighted by atomic mass is 35.5. The van der Waals surface area contributed by atoms with Gasteiger partial charge in [0.15, 0.2) is 5.58 Å².